The Morgan fingerprint density at radius 2 is 1.68 bits per heavy atom. The SMILES string of the molecule is CCN(CC)S(=O)(=O)c1ccc(CCC(=O)NC(C)c2ccccc2Cl)cc1. The molecule has 1 atom stereocenters. The van der Waals surface area contributed by atoms with Crippen LogP contribution in [0.25, 0.3) is 0 Å². The Balaban J connectivity index is 1.94. The van der Waals surface area contributed by atoms with Gasteiger partial charge in [-0.3, -0.25) is 4.79 Å². The molecule has 0 aromatic heterocycles. The molecule has 2 aromatic rings. The van der Waals surface area contributed by atoms with Crippen molar-refractivity contribution in [3.05, 3.63) is 64.7 Å². The number of carbonyl (C=O) groups is 1. The van der Waals surface area contributed by atoms with Gasteiger partial charge in [0.2, 0.25) is 15.9 Å². The zero-order valence-electron chi connectivity index (χ0n) is 16.5. The van der Waals surface area contributed by atoms with Gasteiger partial charge in [-0.2, -0.15) is 4.31 Å². The summed E-state index contributed by atoms with van der Waals surface area (Å²) in [6, 6.07) is 14.0. The molecule has 28 heavy (non-hydrogen) atoms. The molecule has 0 bridgehead atoms. The molecule has 0 saturated carbocycles. The second kappa shape index (κ2) is 10.0. The number of amides is 1. The van der Waals surface area contributed by atoms with E-state index in [2.05, 4.69) is 5.32 Å². The number of sulfonamides is 1. The third kappa shape index (κ3) is 5.56. The van der Waals surface area contributed by atoms with Gasteiger partial charge in [0.25, 0.3) is 0 Å². The van der Waals surface area contributed by atoms with E-state index in [1.807, 2.05) is 39.0 Å². The van der Waals surface area contributed by atoms with Gasteiger partial charge in [0.1, 0.15) is 0 Å². The number of carbonyl (C=O) groups excluding carboxylic acids is 1. The van der Waals surface area contributed by atoms with Crippen molar-refractivity contribution >= 4 is 27.5 Å². The van der Waals surface area contributed by atoms with Crippen LogP contribution in [0.1, 0.15) is 44.4 Å². The van der Waals surface area contributed by atoms with Crippen LogP contribution in [0, 0.1) is 0 Å². The van der Waals surface area contributed by atoms with Crippen LogP contribution in [0.5, 0.6) is 0 Å². The van der Waals surface area contributed by atoms with Crippen molar-refractivity contribution in [3.8, 4) is 0 Å². The highest BCUT2D eigenvalue weighted by molar-refractivity contribution is 7.89. The first-order chi connectivity index (χ1) is 13.3. The number of hydrogen-bond donors (Lipinski definition) is 1. The van der Waals surface area contributed by atoms with E-state index in [9.17, 15) is 13.2 Å². The molecular weight excluding hydrogens is 396 g/mol. The number of rotatable bonds is 9. The minimum atomic E-state index is -3.46. The Kier molecular flexibility index (Phi) is 8.04. The fourth-order valence-electron chi connectivity index (χ4n) is 3.02. The van der Waals surface area contributed by atoms with Gasteiger partial charge in [-0.15, -0.1) is 0 Å². The summed E-state index contributed by atoms with van der Waals surface area (Å²) in [6.07, 6.45) is 0.851. The zero-order chi connectivity index (χ0) is 20.7. The first kappa shape index (κ1) is 22.4. The van der Waals surface area contributed by atoms with E-state index in [1.165, 1.54) is 4.31 Å². The van der Waals surface area contributed by atoms with Gasteiger partial charge in [0.15, 0.2) is 0 Å². The number of benzene rings is 2. The summed E-state index contributed by atoms with van der Waals surface area (Å²) >= 11 is 6.17. The quantitative estimate of drug-likeness (QED) is 0.659. The summed E-state index contributed by atoms with van der Waals surface area (Å²) in [5.41, 5.74) is 1.79. The summed E-state index contributed by atoms with van der Waals surface area (Å²) in [4.78, 5) is 12.5. The smallest absolute Gasteiger partial charge is 0.243 e. The van der Waals surface area contributed by atoms with Crippen LogP contribution in [0.15, 0.2) is 53.4 Å². The lowest BCUT2D eigenvalue weighted by Crippen LogP contribution is -2.30. The zero-order valence-corrected chi connectivity index (χ0v) is 18.1. The van der Waals surface area contributed by atoms with Crippen molar-refractivity contribution in [1.82, 2.24) is 9.62 Å². The standard InChI is InChI=1S/C21H27ClN2O3S/c1-4-24(5-2)28(26,27)18-13-10-17(11-14-18)12-15-21(25)23-16(3)19-8-6-7-9-20(19)22/h6-11,13-14,16H,4-5,12,15H2,1-3H3,(H,23,25). The average molecular weight is 423 g/mol. The Hall–Kier alpha value is -1.89. The Morgan fingerprint density at radius 1 is 1.07 bits per heavy atom. The van der Waals surface area contributed by atoms with Crippen molar-refractivity contribution in [3.63, 3.8) is 0 Å². The van der Waals surface area contributed by atoms with Crippen LogP contribution in [0.2, 0.25) is 5.02 Å². The van der Waals surface area contributed by atoms with Gasteiger partial charge in [-0.1, -0.05) is 55.8 Å². The van der Waals surface area contributed by atoms with Gasteiger partial charge in [0.05, 0.1) is 10.9 Å². The molecule has 1 N–H and O–H groups in total. The Labute approximate surface area is 172 Å². The molecular formula is C21H27ClN2O3S. The molecule has 0 saturated heterocycles. The molecule has 0 aliphatic rings. The van der Waals surface area contributed by atoms with Gasteiger partial charge >= 0.3 is 0 Å². The molecule has 152 valence electrons. The molecule has 0 heterocycles. The molecule has 0 spiro atoms. The Morgan fingerprint density at radius 3 is 2.25 bits per heavy atom. The predicted octanol–water partition coefficient (Wildman–Crippen LogP) is 4.18. The molecule has 0 radical (unpaired) electrons. The first-order valence-electron chi connectivity index (χ1n) is 9.42. The molecule has 0 aliphatic carbocycles. The lowest BCUT2D eigenvalue weighted by Gasteiger charge is -2.18. The molecule has 7 heteroatoms. The third-order valence-electron chi connectivity index (χ3n) is 4.66. The van der Waals surface area contributed by atoms with Gasteiger partial charge < -0.3 is 5.32 Å². The fraction of sp³-hybridized carbons (Fsp3) is 0.381. The van der Waals surface area contributed by atoms with E-state index < -0.39 is 10.0 Å². The van der Waals surface area contributed by atoms with Crippen LogP contribution in [-0.2, 0) is 21.2 Å². The third-order valence-corrected chi connectivity index (χ3v) is 7.06. The lowest BCUT2D eigenvalue weighted by molar-refractivity contribution is -0.121. The number of nitrogens with zero attached hydrogens (tertiary/aromatic N) is 1. The van der Waals surface area contributed by atoms with Crippen LogP contribution in [0.3, 0.4) is 0 Å². The normalized spacial score (nSPS) is 12.8. The minimum absolute atomic E-state index is 0.0766. The highest BCUT2D eigenvalue weighted by atomic mass is 35.5. The molecule has 1 amide bonds. The number of hydrogen-bond acceptors (Lipinski definition) is 3. The van der Waals surface area contributed by atoms with Crippen molar-refractivity contribution in [2.24, 2.45) is 0 Å². The fourth-order valence-corrected chi connectivity index (χ4v) is 4.77. The topological polar surface area (TPSA) is 66.5 Å². The number of aryl methyl sites for hydroxylation is 1. The maximum atomic E-state index is 12.5. The van der Waals surface area contributed by atoms with Crippen molar-refractivity contribution in [2.75, 3.05) is 13.1 Å². The second-order valence-corrected chi connectivity index (χ2v) is 8.89. The van der Waals surface area contributed by atoms with E-state index in [1.54, 1.807) is 30.3 Å². The van der Waals surface area contributed by atoms with Crippen molar-refractivity contribution in [2.45, 2.75) is 44.6 Å². The van der Waals surface area contributed by atoms with E-state index in [4.69, 9.17) is 11.6 Å². The molecule has 2 rings (SSSR count). The maximum absolute atomic E-state index is 12.5. The van der Waals surface area contributed by atoms with Crippen LogP contribution in [-0.4, -0.2) is 31.7 Å². The number of halogens is 1. The van der Waals surface area contributed by atoms with Crippen LogP contribution >= 0.6 is 11.6 Å². The molecule has 1 unspecified atom stereocenters. The maximum Gasteiger partial charge on any atom is 0.243 e. The lowest BCUT2D eigenvalue weighted by atomic mass is 10.1. The van der Waals surface area contributed by atoms with E-state index >= 15 is 0 Å². The van der Waals surface area contributed by atoms with Gasteiger partial charge in [-0.25, -0.2) is 8.42 Å². The summed E-state index contributed by atoms with van der Waals surface area (Å²) in [6.45, 7) is 6.40. The van der Waals surface area contributed by atoms with Gasteiger partial charge in [0, 0.05) is 24.5 Å². The van der Waals surface area contributed by atoms with Gasteiger partial charge in [-0.05, 0) is 42.7 Å². The molecule has 5 nitrogen and oxygen atoms in total. The molecule has 0 aliphatic heterocycles. The predicted molar refractivity (Wildman–Crippen MR) is 113 cm³/mol. The van der Waals surface area contributed by atoms with E-state index in [-0.39, 0.29) is 16.8 Å². The van der Waals surface area contributed by atoms with Crippen molar-refractivity contribution < 1.29 is 13.2 Å². The molecule has 0 fully saturated rings. The second-order valence-electron chi connectivity index (χ2n) is 6.54. The summed E-state index contributed by atoms with van der Waals surface area (Å²) < 4.78 is 26.4. The van der Waals surface area contributed by atoms with Crippen LogP contribution in [0.4, 0.5) is 0 Å². The van der Waals surface area contributed by atoms with Crippen LogP contribution < -0.4 is 5.32 Å². The minimum Gasteiger partial charge on any atom is -0.350 e. The van der Waals surface area contributed by atoms with E-state index in [0.717, 1.165) is 11.1 Å². The summed E-state index contributed by atoms with van der Waals surface area (Å²) in [5.74, 6) is -0.0766. The van der Waals surface area contributed by atoms with Crippen molar-refractivity contribution in [1.29, 1.82) is 0 Å². The van der Waals surface area contributed by atoms with E-state index in [0.29, 0.717) is 31.0 Å². The average Bonchev–Trinajstić information content (AvgIpc) is 2.67. The number of nitrogens with one attached hydrogen (secondary N) is 1. The summed E-state index contributed by atoms with van der Waals surface area (Å²) in [7, 11) is -3.46. The first-order valence-corrected chi connectivity index (χ1v) is 11.2. The summed E-state index contributed by atoms with van der Waals surface area (Å²) in [5, 5.41) is 3.57. The largest absolute Gasteiger partial charge is 0.350 e. The monoisotopic (exact) mass is 422 g/mol. The Bertz CT molecular complexity index is 894. The highest BCUT2D eigenvalue weighted by Crippen LogP contribution is 2.22. The molecule has 2 aromatic carbocycles. The highest BCUT2D eigenvalue weighted by Gasteiger charge is 2.21.